The number of hydrogen-bond acceptors (Lipinski definition) is 3. The standard InChI is InChI=1S/C22H18O3/c23-18-9-8-15(20(13-18)16-4-5-16)3-1-2-11-22(25)12-10-19(24)14-21(22)17-6-7-17/h8-10,12-14,16-17,23,25H,4-7H2. The molecule has 3 nitrogen and oxygen atoms in total. The molecule has 2 fully saturated rings. The molecule has 3 aliphatic carbocycles. The van der Waals surface area contributed by atoms with E-state index in [0.717, 1.165) is 36.8 Å². The van der Waals surface area contributed by atoms with E-state index in [4.69, 9.17) is 0 Å². The molecule has 25 heavy (non-hydrogen) atoms. The third-order valence-electron chi connectivity index (χ3n) is 4.81. The molecular weight excluding hydrogens is 312 g/mol. The van der Waals surface area contributed by atoms with Crippen molar-refractivity contribution in [1.29, 1.82) is 0 Å². The number of phenols is 1. The van der Waals surface area contributed by atoms with Gasteiger partial charge in [-0.15, -0.1) is 0 Å². The summed E-state index contributed by atoms with van der Waals surface area (Å²) in [6, 6.07) is 5.20. The van der Waals surface area contributed by atoms with Crippen LogP contribution in [0.1, 0.15) is 42.7 Å². The second kappa shape index (κ2) is 5.96. The van der Waals surface area contributed by atoms with Crippen LogP contribution in [0.4, 0.5) is 0 Å². The van der Waals surface area contributed by atoms with E-state index in [9.17, 15) is 15.0 Å². The Morgan fingerprint density at radius 1 is 1.08 bits per heavy atom. The first-order valence-electron chi connectivity index (χ1n) is 8.59. The molecule has 124 valence electrons. The zero-order valence-corrected chi connectivity index (χ0v) is 13.7. The summed E-state index contributed by atoms with van der Waals surface area (Å²) < 4.78 is 0. The van der Waals surface area contributed by atoms with Crippen molar-refractivity contribution in [3.63, 3.8) is 0 Å². The number of phenolic OH excluding ortho intramolecular Hbond substituents is 1. The fraction of sp³-hybridized carbons (Fsp3) is 0.318. The summed E-state index contributed by atoms with van der Waals surface area (Å²) >= 11 is 0. The number of aromatic hydroxyl groups is 1. The first-order chi connectivity index (χ1) is 12.0. The van der Waals surface area contributed by atoms with Gasteiger partial charge in [0.15, 0.2) is 11.4 Å². The van der Waals surface area contributed by atoms with Crippen LogP contribution < -0.4 is 0 Å². The summed E-state index contributed by atoms with van der Waals surface area (Å²) in [6.45, 7) is 0. The van der Waals surface area contributed by atoms with Gasteiger partial charge in [-0.05, 0) is 103 Å². The summed E-state index contributed by atoms with van der Waals surface area (Å²) in [5, 5.41) is 20.4. The van der Waals surface area contributed by atoms with Crippen LogP contribution in [0.3, 0.4) is 0 Å². The highest BCUT2D eigenvalue weighted by Crippen LogP contribution is 2.43. The number of benzene rings is 1. The molecule has 1 aromatic carbocycles. The summed E-state index contributed by atoms with van der Waals surface area (Å²) in [7, 11) is 0. The van der Waals surface area contributed by atoms with Gasteiger partial charge in [-0.1, -0.05) is 5.92 Å². The van der Waals surface area contributed by atoms with Crippen LogP contribution in [0.25, 0.3) is 0 Å². The molecule has 3 aliphatic rings. The molecule has 1 atom stereocenters. The SMILES string of the molecule is O=C1C=CC(O)(C#CC#Cc2ccc(O)cc2C2CC2)C(C2CC2)=C1. The maximum Gasteiger partial charge on any atom is 0.178 e. The fourth-order valence-electron chi connectivity index (χ4n) is 3.17. The normalized spacial score (nSPS) is 24.7. The molecule has 0 heterocycles. The minimum atomic E-state index is -1.39. The lowest BCUT2D eigenvalue weighted by atomic mass is 9.85. The Kier molecular flexibility index (Phi) is 3.75. The van der Waals surface area contributed by atoms with E-state index in [0.29, 0.717) is 11.5 Å². The van der Waals surface area contributed by atoms with Crippen LogP contribution in [0.2, 0.25) is 0 Å². The molecule has 0 spiro atoms. The molecular formula is C22H18O3. The zero-order chi connectivity index (χ0) is 17.4. The maximum absolute atomic E-state index is 11.6. The summed E-state index contributed by atoms with van der Waals surface area (Å²) in [6.07, 6.45) is 8.55. The molecule has 0 amide bonds. The van der Waals surface area contributed by atoms with E-state index in [1.165, 1.54) is 18.2 Å². The zero-order valence-electron chi connectivity index (χ0n) is 13.7. The Morgan fingerprint density at radius 2 is 1.84 bits per heavy atom. The molecule has 2 saturated carbocycles. The topological polar surface area (TPSA) is 57.5 Å². The van der Waals surface area contributed by atoms with E-state index >= 15 is 0 Å². The van der Waals surface area contributed by atoms with Crippen molar-refractivity contribution in [3.8, 4) is 29.4 Å². The lowest BCUT2D eigenvalue weighted by Crippen LogP contribution is -2.31. The molecule has 0 saturated heterocycles. The van der Waals surface area contributed by atoms with Crippen LogP contribution in [-0.4, -0.2) is 21.6 Å². The summed E-state index contributed by atoms with van der Waals surface area (Å²) in [5.41, 5.74) is 1.24. The van der Waals surface area contributed by atoms with Gasteiger partial charge in [0.05, 0.1) is 0 Å². The largest absolute Gasteiger partial charge is 0.508 e. The van der Waals surface area contributed by atoms with E-state index in [1.807, 2.05) is 0 Å². The van der Waals surface area contributed by atoms with Gasteiger partial charge in [-0.2, -0.15) is 0 Å². The molecule has 1 unspecified atom stereocenters. The van der Waals surface area contributed by atoms with Gasteiger partial charge in [-0.3, -0.25) is 4.79 Å². The van der Waals surface area contributed by atoms with Gasteiger partial charge in [0, 0.05) is 5.56 Å². The molecule has 1 aromatic rings. The van der Waals surface area contributed by atoms with Crippen molar-refractivity contribution in [2.75, 3.05) is 0 Å². The fourth-order valence-corrected chi connectivity index (χ4v) is 3.17. The van der Waals surface area contributed by atoms with Crippen molar-refractivity contribution in [1.82, 2.24) is 0 Å². The highest BCUT2D eigenvalue weighted by Gasteiger charge is 2.40. The smallest absolute Gasteiger partial charge is 0.178 e. The highest BCUT2D eigenvalue weighted by atomic mass is 16.3. The van der Waals surface area contributed by atoms with Gasteiger partial charge in [-0.25, -0.2) is 0 Å². The minimum absolute atomic E-state index is 0.0994. The van der Waals surface area contributed by atoms with Crippen molar-refractivity contribution in [2.45, 2.75) is 37.2 Å². The van der Waals surface area contributed by atoms with Gasteiger partial charge >= 0.3 is 0 Å². The third-order valence-corrected chi connectivity index (χ3v) is 4.81. The minimum Gasteiger partial charge on any atom is -0.508 e. The number of aliphatic hydroxyl groups is 1. The maximum atomic E-state index is 11.6. The predicted octanol–water partition coefficient (Wildman–Crippen LogP) is 2.83. The molecule has 2 N–H and O–H groups in total. The monoisotopic (exact) mass is 330 g/mol. The Bertz CT molecular complexity index is 921. The average molecular weight is 330 g/mol. The van der Waals surface area contributed by atoms with Gasteiger partial charge in [0.2, 0.25) is 0 Å². The van der Waals surface area contributed by atoms with Crippen LogP contribution in [0.5, 0.6) is 5.75 Å². The second-order valence-corrected chi connectivity index (χ2v) is 6.92. The van der Waals surface area contributed by atoms with Crippen LogP contribution in [0, 0.1) is 29.6 Å². The van der Waals surface area contributed by atoms with Crippen LogP contribution in [-0.2, 0) is 4.79 Å². The molecule has 3 heteroatoms. The van der Waals surface area contributed by atoms with Crippen LogP contribution in [0.15, 0.2) is 42.0 Å². The van der Waals surface area contributed by atoms with E-state index in [2.05, 4.69) is 23.7 Å². The number of ketones is 1. The number of carbonyl (C=O) groups excluding carboxylic acids is 1. The number of carbonyl (C=O) groups is 1. The van der Waals surface area contributed by atoms with E-state index < -0.39 is 5.60 Å². The summed E-state index contributed by atoms with van der Waals surface area (Å²) in [4.78, 5) is 11.6. The van der Waals surface area contributed by atoms with Crippen molar-refractivity contribution >= 4 is 5.78 Å². The Balaban J connectivity index is 1.59. The molecule has 0 radical (unpaired) electrons. The predicted molar refractivity (Wildman–Crippen MR) is 94.6 cm³/mol. The average Bonchev–Trinajstić information content (AvgIpc) is 3.48. The first kappa shape index (κ1) is 15.8. The number of allylic oxidation sites excluding steroid dienone is 2. The Morgan fingerprint density at radius 3 is 2.56 bits per heavy atom. The molecule has 0 aliphatic heterocycles. The van der Waals surface area contributed by atoms with Gasteiger partial charge in [0.1, 0.15) is 5.75 Å². The highest BCUT2D eigenvalue weighted by molar-refractivity contribution is 6.01. The molecule has 0 bridgehead atoms. The Hall–Kier alpha value is -2.75. The third kappa shape index (κ3) is 3.38. The van der Waals surface area contributed by atoms with Crippen molar-refractivity contribution in [3.05, 3.63) is 53.1 Å². The lowest BCUT2D eigenvalue weighted by molar-refractivity contribution is -0.110. The summed E-state index contributed by atoms with van der Waals surface area (Å²) in [5.74, 6) is 12.3. The Labute approximate surface area is 147 Å². The van der Waals surface area contributed by atoms with Crippen molar-refractivity contribution in [2.24, 2.45) is 5.92 Å². The molecule has 4 rings (SSSR count). The first-order valence-corrected chi connectivity index (χ1v) is 8.59. The van der Waals surface area contributed by atoms with Gasteiger partial charge in [0.25, 0.3) is 0 Å². The van der Waals surface area contributed by atoms with Crippen molar-refractivity contribution < 1.29 is 15.0 Å². The number of rotatable bonds is 2. The van der Waals surface area contributed by atoms with E-state index in [1.54, 1.807) is 18.2 Å². The second-order valence-electron chi connectivity index (χ2n) is 6.92. The number of hydrogen-bond donors (Lipinski definition) is 2. The lowest BCUT2D eigenvalue weighted by Gasteiger charge is -2.24. The molecule has 0 aromatic heterocycles. The van der Waals surface area contributed by atoms with Gasteiger partial charge < -0.3 is 10.2 Å². The van der Waals surface area contributed by atoms with E-state index in [-0.39, 0.29) is 17.5 Å². The quantitative estimate of drug-likeness (QED) is 0.820. The van der Waals surface area contributed by atoms with Crippen LogP contribution >= 0.6 is 0 Å².